The van der Waals surface area contributed by atoms with Crippen molar-refractivity contribution < 1.29 is 13.2 Å². The predicted octanol–water partition coefficient (Wildman–Crippen LogP) is 2.77. The Morgan fingerprint density at radius 3 is 2.54 bits per heavy atom. The predicted molar refractivity (Wildman–Crippen MR) is 101 cm³/mol. The van der Waals surface area contributed by atoms with Crippen molar-refractivity contribution in [3.8, 4) is 5.75 Å². The SMILES string of the molecule is CC(C)Oc1ccc(S(=O)(=O)NCCN2CCC(CN=[N+]=[N-])CC2)cc1. The minimum absolute atomic E-state index is 0.0476. The first kappa shape index (κ1) is 20.5. The van der Waals surface area contributed by atoms with Gasteiger partial charge in [0.15, 0.2) is 0 Å². The lowest BCUT2D eigenvalue weighted by Gasteiger charge is -2.31. The molecule has 1 aromatic rings. The maximum atomic E-state index is 12.4. The third-order valence-electron chi connectivity index (χ3n) is 4.34. The first-order chi connectivity index (χ1) is 12.4. The first-order valence-corrected chi connectivity index (χ1v) is 10.4. The summed E-state index contributed by atoms with van der Waals surface area (Å²) < 4.78 is 32.9. The summed E-state index contributed by atoms with van der Waals surface area (Å²) in [6.07, 6.45) is 2.00. The zero-order chi connectivity index (χ0) is 19.0. The van der Waals surface area contributed by atoms with Crippen molar-refractivity contribution in [2.45, 2.75) is 37.7 Å². The number of likely N-dealkylation sites (tertiary alicyclic amines) is 1. The second-order valence-electron chi connectivity index (χ2n) is 6.73. The maximum Gasteiger partial charge on any atom is 0.240 e. The molecule has 1 aliphatic heterocycles. The van der Waals surface area contributed by atoms with Gasteiger partial charge in [-0.1, -0.05) is 5.11 Å². The number of sulfonamides is 1. The Morgan fingerprint density at radius 1 is 1.31 bits per heavy atom. The Bertz CT molecular complexity index is 706. The summed E-state index contributed by atoms with van der Waals surface area (Å²) in [5.41, 5.74) is 8.36. The molecule has 2 rings (SSSR count). The van der Waals surface area contributed by atoms with Gasteiger partial charge in [0.2, 0.25) is 10.0 Å². The van der Waals surface area contributed by atoms with E-state index >= 15 is 0 Å². The summed E-state index contributed by atoms with van der Waals surface area (Å²) >= 11 is 0. The topological polar surface area (TPSA) is 107 Å². The second-order valence-corrected chi connectivity index (χ2v) is 8.50. The summed E-state index contributed by atoms with van der Waals surface area (Å²) in [6, 6.07) is 6.45. The van der Waals surface area contributed by atoms with Crippen LogP contribution in [0.3, 0.4) is 0 Å². The van der Waals surface area contributed by atoms with Crippen molar-refractivity contribution in [1.82, 2.24) is 9.62 Å². The van der Waals surface area contributed by atoms with Crippen molar-refractivity contribution >= 4 is 10.0 Å². The number of benzene rings is 1. The van der Waals surface area contributed by atoms with Crippen molar-refractivity contribution in [3.05, 3.63) is 34.7 Å². The molecule has 0 unspecified atom stereocenters. The largest absolute Gasteiger partial charge is 0.491 e. The Kier molecular flexibility index (Phi) is 7.71. The van der Waals surface area contributed by atoms with Gasteiger partial charge in [0.05, 0.1) is 11.0 Å². The van der Waals surface area contributed by atoms with E-state index in [1.54, 1.807) is 24.3 Å². The van der Waals surface area contributed by atoms with Gasteiger partial charge in [-0.15, -0.1) is 0 Å². The summed E-state index contributed by atoms with van der Waals surface area (Å²) in [4.78, 5) is 5.27. The molecule has 0 radical (unpaired) electrons. The zero-order valence-electron chi connectivity index (χ0n) is 15.3. The lowest BCUT2D eigenvalue weighted by molar-refractivity contribution is 0.190. The molecule has 1 aliphatic rings. The summed E-state index contributed by atoms with van der Waals surface area (Å²) in [6.45, 7) is 7.23. The van der Waals surface area contributed by atoms with E-state index in [0.717, 1.165) is 25.9 Å². The van der Waals surface area contributed by atoms with Gasteiger partial charge in [0, 0.05) is 24.5 Å². The average molecular weight is 382 g/mol. The van der Waals surface area contributed by atoms with E-state index in [1.807, 2.05) is 13.8 Å². The van der Waals surface area contributed by atoms with E-state index in [2.05, 4.69) is 19.6 Å². The van der Waals surface area contributed by atoms with Crippen LogP contribution in [0.5, 0.6) is 5.75 Å². The second kappa shape index (κ2) is 9.78. The lowest BCUT2D eigenvalue weighted by Crippen LogP contribution is -2.40. The van der Waals surface area contributed by atoms with Crippen LogP contribution >= 0.6 is 0 Å². The lowest BCUT2D eigenvalue weighted by atomic mass is 9.97. The number of azide groups is 1. The first-order valence-electron chi connectivity index (χ1n) is 8.90. The maximum absolute atomic E-state index is 12.4. The van der Waals surface area contributed by atoms with E-state index in [-0.39, 0.29) is 11.0 Å². The molecule has 1 aromatic carbocycles. The van der Waals surface area contributed by atoms with Crippen LogP contribution in [0, 0.1) is 5.92 Å². The van der Waals surface area contributed by atoms with Gasteiger partial charge in [-0.25, -0.2) is 13.1 Å². The molecule has 8 nitrogen and oxygen atoms in total. The smallest absolute Gasteiger partial charge is 0.240 e. The molecular weight excluding hydrogens is 354 g/mol. The van der Waals surface area contributed by atoms with E-state index in [0.29, 0.717) is 31.3 Å². The highest BCUT2D eigenvalue weighted by Crippen LogP contribution is 2.18. The van der Waals surface area contributed by atoms with Crippen LogP contribution in [0.25, 0.3) is 10.4 Å². The molecule has 1 saturated heterocycles. The number of ether oxygens (including phenoxy) is 1. The van der Waals surface area contributed by atoms with Crippen molar-refractivity contribution in [1.29, 1.82) is 0 Å². The van der Waals surface area contributed by atoms with Gasteiger partial charge in [-0.05, 0) is 75.5 Å². The molecule has 0 aliphatic carbocycles. The molecule has 0 amide bonds. The Balaban J connectivity index is 1.77. The van der Waals surface area contributed by atoms with Gasteiger partial charge in [-0.3, -0.25) is 0 Å². The highest BCUT2D eigenvalue weighted by molar-refractivity contribution is 7.89. The van der Waals surface area contributed by atoms with E-state index in [4.69, 9.17) is 10.3 Å². The Labute approximate surface area is 155 Å². The summed E-state index contributed by atoms with van der Waals surface area (Å²) in [7, 11) is -3.52. The van der Waals surface area contributed by atoms with Gasteiger partial charge in [-0.2, -0.15) is 0 Å². The monoisotopic (exact) mass is 381 g/mol. The van der Waals surface area contributed by atoms with Gasteiger partial charge in [0.1, 0.15) is 5.75 Å². The van der Waals surface area contributed by atoms with Crippen molar-refractivity contribution in [2.75, 3.05) is 32.7 Å². The van der Waals surface area contributed by atoms with Crippen LogP contribution < -0.4 is 9.46 Å². The van der Waals surface area contributed by atoms with Crippen LogP contribution in [0.15, 0.2) is 34.3 Å². The van der Waals surface area contributed by atoms with E-state index in [1.165, 1.54) is 0 Å². The molecule has 1 N–H and O–H groups in total. The molecular formula is C17H27N5O3S. The molecule has 0 aromatic heterocycles. The average Bonchev–Trinajstić information content (AvgIpc) is 2.61. The molecule has 0 saturated carbocycles. The standard InChI is InChI=1S/C17H27N5O3S/c1-14(2)25-16-3-5-17(6-4-16)26(23,24)20-9-12-22-10-7-15(8-11-22)13-19-21-18/h3-6,14-15,20H,7-13H2,1-2H3. The van der Waals surface area contributed by atoms with Crippen molar-refractivity contribution in [3.63, 3.8) is 0 Å². The molecule has 144 valence electrons. The zero-order valence-corrected chi connectivity index (χ0v) is 16.2. The molecule has 0 bridgehead atoms. The van der Waals surface area contributed by atoms with E-state index in [9.17, 15) is 8.42 Å². The Hall–Kier alpha value is -1.80. The molecule has 1 heterocycles. The quantitative estimate of drug-likeness (QED) is 0.403. The number of hydrogen-bond donors (Lipinski definition) is 1. The van der Waals surface area contributed by atoms with Crippen LogP contribution in [-0.2, 0) is 10.0 Å². The number of piperidine rings is 1. The fourth-order valence-electron chi connectivity index (χ4n) is 2.94. The fraction of sp³-hybridized carbons (Fsp3) is 0.647. The van der Waals surface area contributed by atoms with Crippen LogP contribution in [0.1, 0.15) is 26.7 Å². The van der Waals surface area contributed by atoms with Crippen molar-refractivity contribution in [2.24, 2.45) is 11.0 Å². The third kappa shape index (κ3) is 6.49. The number of nitrogens with one attached hydrogen (secondary N) is 1. The van der Waals surface area contributed by atoms with Gasteiger partial charge in [0.25, 0.3) is 0 Å². The molecule has 26 heavy (non-hydrogen) atoms. The van der Waals surface area contributed by atoms with Crippen LogP contribution in [-0.4, -0.2) is 52.1 Å². The molecule has 0 spiro atoms. The number of nitrogens with zero attached hydrogens (tertiary/aromatic N) is 4. The molecule has 0 atom stereocenters. The minimum atomic E-state index is -3.52. The number of hydrogen-bond acceptors (Lipinski definition) is 5. The van der Waals surface area contributed by atoms with Crippen LogP contribution in [0.2, 0.25) is 0 Å². The van der Waals surface area contributed by atoms with E-state index < -0.39 is 10.0 Å². The Morgan fingerprint density at radius 2 is 1.96 bits per heavy atom. The molecule has 1 fully saturated rings. The summed E-state index contributed by atoms with van der Waals surface area (Å²) in [5.74, 6) is 1.09. The normalized spacial score (nSPS) is 16.4. The highest BCUT2D eigenvalue weighted by atomic mass is 32.2. The minimum Gasteiger partial charge on any atom is -0.491 e. The summed E-state index contributed by atoms with van der Waals surface area (Å²) in [5, 5.41) is 3.63. The van der Waals surface area contributed by atoms with Gasteiger partial charge < -0.3 is 9.64 Å². The van der Waals surface area contributed by atoms with Crippen LogP contribution in [0.4, 0.5) is 0 Å². The fourth-order valence-corrected chi connectivity index (χ4v) is 3.96. The highest BCUT2D eigenvalue weighted by Gasteiger charge is 2.19. The number of rotatable bonds is 9. The third-order valence-corrected chi connectivity index (χ3v) is 5.81. The van der Waals surface area contributed by atoms with Gasteiger partial charge >= 0.3 is 0 Å². The molecule has 9 heteroatoms.